The largest absolute Gasteiger partial charge is 0.478 e. The van der Waals surface area contributed by atoms with Crippen LogP contribution in [-0.2, 0) is 4.79 Å². The Morgan fingerprint density at radius 3 is 2.75 bits per heavy atom. The third-order valence-electron chi connectivity index (χ3n) is 3.76. The lowest BCUT2D eigenvalue weighted by Gasteiger charge is -2.28. The van der Waals surface area contributed by atoms with E-state index in [1.807, 2.05) is 6.92 Å². The number of hydrogen-bond donors (Lipinski definition) is 3. The number of para-hydroxylation sites is 1. The summed E-state index contributed by atoms with van der Waals surface area (Å²) in [5, 5.41) is 15.2. The molecule has 1 aliphatic rings. The summed E-state index contributed by atoms with van der Waals surface area (Å²) in [6.07, 6.45) is 3.42. The maximum Gasteiger partial charge on any atom is 0.337 e. The molecule has 20 heavy (non-hydrogen) atoms. The van der Waals surface area contributed by atoms with E-state index in [1.165, 1.54) is 6.07 Å². The van der Waals surface area contributed by atoms with Gasteiger partial charge in [-0.25, -0.2) is 4.79 Å². The quantitative estimate of drug-likeness (QED) is 0.770. The summed E-state index contributed by atoms with van der Waals surface area (Å²) in [6.45, 7) is 2.87. The Kier molecular flexibility index (Phi) is 4.39. The number of nitrogens with one attached hydrogen (secondary N) is 2. The van der Waals surface area contributed by atoms with Crippen LogP contribution in [0.5, 0.6) is 0 Å². The van der Waals surface area contributed by atoms with Crippen molar-refractivity contribution in [2.24, 2.45) is 0 Å². The van der Waals surface area contributed by atoms with Crippen LogP contribution in [-0.4, -0.2) is 29.1 Å². The molecule has 108 valence electrons. The highest BCUT2D eigenvalue weighted by Crippen LogP contribution is 2.27. The molecule has 1 atom stereocenters. The first-order chi connectivity index (χ1) is 9.59. The second-order valence-electron chi connectivity index (χ2n) is 5.17. The van der Waals surface area contributed by atoms with Crippen molar-refractivity contribution in [1.29, 1.82) is 0 Å². The molecule has 1 aromatic rings. The Morgan fingerprint density at radius 1 is 1.40 bits per heavy atom. The fraction of sp³-hybridized carbons (Fsp3) is 0.467. The molecule has 3 N–H and O–H groups in total. The molecule has 1 aliphatic heterocycles. The first-order valence-electron chi connectivity index (χ1n) is 6.98. The van der Waals surface area contributed by atoms with Crippen molar-refractivity contribution in [2.45, 2.75) is 38.1 Å². The fourth-order valence-electron chi connectivity index (χ4n) is 2.77. The number of rotatable bonds is 5. The van der Waals surface area contributed by atoms with Gasteiger partial charge < -0.3 is 15.7 Å². The second-order valence-corrected chi connectivity index (χ2v) is 5.17. The summed E-state index contributed by atoms with van der Waals surface area (Å²) in [7, 11) is 0. The minimum atomic E-state index is -1.04. The third-order valence-corrected chi connectivity index (χ3v) is 3.76. The van der Waals surface area contributed by atoms with Crippen LogP contribution in [0.1, 0.15) is 43.0 Å². The molecule has 0 spiro atoms. The van der Waals surface area contributed by atoms with E-state index in [0.29, 0.717) is 5.69 Å². The average Bonchev–Trinajstić information content (AvgIpc) is 2.89. The van der Waals surface area contributed by atoms with E-state index in [-0.39, 0.29) is 11.5 Å². The van der Waals surface area contributed by atoms with Crippen LogP contribution in [0.3, 0.4) is 0 Å². The molecule has 0 saturated carbocycles. The number of carbonyl (C=O) groups is 2. The van der Waals surface area contributed by atoms with Gasteiger partial charge >= 0.3 is 5.97 Å². The first kappa shape index (κ1) is 14.5. The number of aromatic carboxylic acids is 1. The van der Waals surface area contributed by atoms with Crippen LogP contribution >= 0.6 is 0 Å². The molecule has 0 radical (unpaired) electrons. The maximum absolute atomic E-state index is 12.5. The Balaban J connectivity index is 2.21. The molecule has 0 aromatic heterocycles. The standard InChI is InChI=1S/C15H20N2O3/c1-2-8-15(9-5-10-16-15)14(20)17-12-7-4-3-6-11(12)13(18)19/h3-4,6-7,16H,2,5,8-10H2,1H3,(H,17,20)(H,18,19). The molecule has 0 aliphatic carbocycles. The van der Waals surface area contributed by atoms with Crippen LogP contribution in [0.2, 0.25) is 0 Å². The molecule has 1 fully saturated rings. The molecule has 1 heterocycles. The van der Waals surface area contributed by atoms with Crippen molar-refractivity contribution >= 4 is 17.6 Å². The predicted octanol–water partition coefficient (Wildman–Crippen LogP) is 2.25. The minimum Gasteiger partial charge on any atom is -0.478 e. The topological polar surface area (TPSA) is 78.4 Å². The van der Waals surface area contributed by atoms with Crippen molar-refractivity contribution < 1.29 is 14.7 Å². The van der Waals surface area contributed by atoms with Crippen LogP contribution < -0.4 is 10.6 Å². The van der Waals surface area contributed by atoms with Gasteiger partial charge in [-0.2, -0.15) is 0 Å². The Morgan fingerprint density at radius 2 is 2.15 bits per heavy atom. The van der Waals surface area contributed by atoms with Crippen molar-refractivity contribution in [3.8, 4) is 0 Å². The Bertz CT molecular complexity index is 508. The smallest absolute Gasteiger partial charge is 0.337 e. The first-order valence-corrected chi connectivity index (χ1v) is 6.98. The summed E-state index contributed by atoms with van der Waals surface area (Å²) >= 11 is 0. The average molecular weight is 276 g/mol. The zero-order valence-corrected chi connectivity index (χ0v) is 11.6. The van der Waals surface area contributed by atoms with Gasteiger partial charge in [0, 0.05) is 0 Å². The highest BCUT2D eigenvalue weighted by Gasteiger charge is 2.40. The minimum absolute atomic E-state index is 0.116. The van der Waals surface area contributed by atoms with Gasteiger partial charge in [0.2, 0.25) is 5.91 Å². The predicted molar refractivity (Wildman–Crippen MR) is 76.9 cm³/mol. The van der Waals surface area contributed by atoms with Crippen LogP contribution in [0.4, 0.5) is 5.69 Å². The number of carbonyl (C=O) groups excluding carboxylic acids is 1. The van der Waals surface area contributed by atoms with Gasteiger partial charge in [-0.1, -0.05) is 25.5 Å². The van der Waals surface area contributed by atoms with Gasteiger partial charge in [0.25, 0.3) is 0 Å². The summed E-state index contributed by atoms with van der Waals surface area (Å²) in [6, 6.07) is 6.48. The lowest BCUT2D eigenvalue weighted by atomic mass is 9.90. The zero-order chi connectivity index (χ0) is 14.6. The second kappa shape index (κ2) is 6.05. The maximum atomic E-state index is 12.5. The van der Waals surface area contributed by atoms with E-state index >= 15 is 0 Å². The van der Waals surface area contributed by atoms with E-state index in [1.54, 1.807) is 18.2 Å². The third kappa shape index (κ3) is 2.82. The zero-order valence-electron chi connectivity index (χ0n) is 11.6. The highest BCUT2D eigenvalue weighted by molar-refractivity contribution is 6.03. The van der Waals surface area contributed by atoms with Gasteiger partial charge in [0.1, 0.15) is 0 Å². The fourth-order valence-corrected chi connectivity index (χ4v) is 2.77. The van der Waals surface area contributed by atoms with E-state index < -0.39 is 11.5 Å². The normalized spacial score (nSPS) is 21.6. The molecule has 1 saturated heterocycles. The summed E-state index contributed by atoms with van der Waals surface area (Å²) in [5.74, 6) is -1.17. The molecule has 0 bridgehead atoms. The molecule has 5 nitrogen and oxygen atoms in total. The van der Waals surface area contributed by atoms with E-state index in [4.69, 9.17) is 5.11 Å². The lowest BCUT2D eigenvalue weighted by molar-refractivity contribution is -0.122. The molecule has 5 heteroatoms. The molecular formula is C15H20N2O3. The summed E-state index contributed by atoms with van der Waals surface area (Å²) in [5.41, 5.74) is -0.0833. The monoisotopic (exact) mass is 276 g/mol. The Hall–Kier alpha value is -1.88. The number of carboxylic acids is 1. The van der Waals surface area contributed by atoms with Crippen molar-refractivity contribution in [3.05, 3.63) is 29.8 Å². The molecule has 1 amide bonds. The number of benzene rings is 1. The highest BCUT2D eigenvalue weighted by atomic mass is 16.4. The number of hydrogen-bond acceptors (Lipinski definition) is 3. The molecule has 2 rings (SSSR count). The van der Waals surface area contributed by atoms with Gasteiger partial charge in [0.05, 0.1) is 16.8 Å². The van der Waals surface area contributed by atoms with Crippen LogP contribution in [0.25, 0.3) is 0 Å². The van der Waals surface area contributed by atoms with E-state index in [0.717, 1.165) is 32.2 Å². The molecule has 1 aromatic carbocycles. The lowest BCUT2D eigenvalue weighted by Crippen LogP contribution is -2.50. The molecular weight excluding hydrogens is 256 g/mol. The summed E-state index contributed by atoms with van der Waals surface area (Å²) < 4.78 is 0. The van der Waals surface area contributed by atoms with Crippen LogP contribution in [0.15, 0.2) is 24.3 Å². The Labute approximate surface area is 118 Å². The van der Waals surface area contributed by atoms with Crippen LogP contribution in [0, 0.1) is 0 Å². The number of anilines is 1. The van der Waals surface area contributed by atoms with Gasteiger partial charge in [0.15, 0.2) is 0 Å². The van der Waals surface area contributed by atoms with Gasteiger partial charge in [-0.3, -0.25) is 4.79 Å². The van der Waals surface area contributed by atoms with E-state index in [2.05, 4.69) is 10.6 Å². The SMILES string of the molecule is CCCC1(C(=O)Nc2ccccc2C(=O)O)CCCN1. The van der Waals surface area contributed by atoms with Gasteiger partial charge in [-0.15, -0.1) is 0 Å². The van der Waals surface area contributed by atoms with Crippen molar-refractivity contribution in [1.82, 2.24) is 5.32 Å². The van der Waals surface area contributed by atoms with Crippen molar-refractivity contribution in [3.63, 3.8) is 0 Å². The van der Waals surface area contributed by atoms with Crippen molar-refractivity contribution in [2.75, 3.05) is 11.9 Å². The van der Waals surface area contributed by atoms with E-state index in [9.17, 15) is 9.59 Å². The van der Waals surface area contributed by atoms with Gasteiger partial charge in [-0.05, 0) is 37.9 Å². The summed E-state index contributed by atoms with van der Waals surface area (Å²) in [4.78, 5) is 23.7. The number of amides is 1. The molecule has 1 unspecified atom stereocenters. The number of carboxylic acid groups (broad SMARTS) is 1.